The number of phenols is 1. The Kier molecular flexibility index (Phi) is 5.09. The molecule has 0 saturated carbocycles. The van der Waals surface area contributed by atoms with Crippen LogP contribution in [0.3, 0.4) is 0 Å². The third-order valence-corrected chi connectivity index (χ3v) is 3.11. The number of ether oxygens (including phenoxy) is 1. The highest BCUT2D eigenvalue weighted by Gasteiger charge is 2.16. The van der Waals surface area contributed by atoms with Crippen LogP contribution in [0.2, 0.25) is 0 Å². The lowest BCUT2D eigenvalue weighted by molar-refractivity contribution is -0.385. The van der Waals surface area contributed by atoms with Gasteiger partial charge in [0.1, 0.15) is 18.0 Å². The van der Waals surface area contributed by atoms with Crippen molar-refractivity contribution >= 4 is 23.3 Å². The molecule has 0 fully saturated rings. The smallest absolute Gasteiger partial charge is 0.341 e. The summed E-state index contributed by atoms with van der Waals surface area (Å²) in [5.74, 6) is -1.58. The summed E-state index contributed by atoms with van der Waals surface area (Å²) >= 11 is 0. The van der Waals surface area contributed by atoms with Gasteiger partial charge in [0, 0.05) is 13.0 Å². The zero-order valence-corrected chi connectivity index (χ0v) is 12.6. The number of aromatic nitrogens is 2. The molecule has 10 nitrogen and oxygen atoms in total. The van der Waals surface area contributed by atoms with Crippen LogP contribution in [0.5, 0.6) is 5.75 Å². The Hall–Kier alpha value is -3.43. The number of aromatic hydroxyl groups is 1. The Labute approximate surface area is 135 Å². The van der Waals surface area contributed by atoms with Gasteiger partial charge >= 0.3 is 11.7 Å². The average molecular weight is 334 g/mol. The molecule has 1 heterocycles. The summed E-state index contributed by atoms with van der Waals surface area (Å²) < 4.78 is 5.79. The van der Waals surface area contributed by atoms with Crippen molar-refractivity contribution in [2.24, 2.45) is 0 Å². The number of anilines is 1. The topological polar surface area (TPSA) is 137 Å². The predicted molar refractivity (Wildman–Crippen MR) is 81.6 cm³/mol. The van der Waals surface area contributed by atoms with Crippen molar-refractivity contribution < 1.29 is 24.4 Å². The highest BCUT2D eigenvalue weighted by molar-refractivity contribution is 5.98. The molecule has 0 unspecified atom stereocenters. The highest BCUT2D eigenvalue weighted by Crippen LogP contribution is 2.28. The average Bonchev–Trinajstić information content (AvgIpc) is 3.03. The van der Waals surface area contributed by atoms with Gasteiger partial charge in [0.2, 0.25) is 5.91 Å². The molecule has 1 aromatic carbocycles. The fourth-order valence-electron chi connectivity index (χ4n) is 1.92. The van der Waals surface area contributed by atoms with Crippen molar-refractivity contribution in [3.63, 3.8) is 0 Å². The van der Waals surface area contributed by atoms with E-state index in [-0.39, 0.29) is 29.9 Å². The number of aryl methyl sites for hydroxylation is 1. The van der Waals surface area contributed by atoms with Crippen molar-refractivity contribution in [2.45, 2.75) is 13.0 Å². The van der Waals surface area contributed by atoms with Crippen molar-refractivity contribution in [3.05, 3.63) is 46.3 Å². The summed E-state index contributed by atoms with van der Waals surface area (Å²) in [6.07, 6.45) is 2.27. The van der Waals surface area contributed by atoms with E-state index >= 15 is 0 Å². The van der Waals surface area contributed by atoms with E-state index in [4.69, 9.17) is 0 Å². The molecule has 2 N–H and O–H groups in total. The van der Waals surface area contributed by atoms with Crippen LogP contribution in [0.25, 0.3) is 0 Å². The lowest BCUT2D eigenvalue weighted by Gasteiger charge is -2.10. The molecule has 0 aliphatic heterocycles. The molecule has 0 aliphatic carbocycles. The second-order valence-electron chi connectivity index (χ2n) is 4.71. The number of rotatable bonds is 6. The second kappa shape index (κ2) is 7.22. The zero-order valence-electron chi connectivity index (χ0n) is 12.6. The van der Waals surface area contributed by atoms with Crippen molar-refractivity contribution in [1.82, 2.24) is 9.78 Å². The monoisotopic (exact) mass is 334 g/mol. The van der Waals surface area contributed by atoms with Crippen LogP contribution in [0.1, 0.15) is 16.8 Å². The van der Waals surface area contributed by atoms with E-state index < -0.39 is 22.5 Å². The van der Waals surface area contributed by atoms with Gasteiger partial charge < -0.3 is 15.2 Å². The predicted octanol–water partition coefficient (Wildman–Crippen LogP) is 1.31. The maximum Gasteiger partial charge on any atom is 0.341 e. The number of nitrogens with zero attached hydrogens (tertiary/aromatic N) is 3. The highest BCUT2D eigenvalue weighted by atomic mass is 16.6. The molecule has 0 bridgehead atoms. The minimum atomic E-state index is -0.729. The SMILES string of the molecule is COC(=O)c1cccc(NC(=O)CCn2cc([N+](=O)[O-])cn2)c1O. The number of nitro groups is 1. The van der Waals surface area contributed by atoms with Gasteiger partial charge in [-0.1, -0.05) is 6.07 Å². The number of hydrogen-bond donors (Lipinski definition) is 2. The van der Waals surface area contributed by atoms with Crippen LogP contribution in [0, 0.1) is 10.1 Å². The van der Waals surface area contributed by atoms with Crippen LogP contribution < -0.4 is 5.32 Å². The standard InChI is InChI=1S/C14H14N4O6/c1-24-14(21)10-3-2-4-11(13(10)20)16-12(19)5-6-17-8-9(7-15-17)18(22)23/h2-4,7-8,20H,5-6H2,1H3,(H,16,19). The van der Waals surface area contributed by atoms with E-state index in [2.05, 4.69) is 15.2 Å². The number of methoxy groups -OCH3 is 1. The summed E-state index contributed by atoms with van der Waals surface area (Å²) in [7, 11) is 1.18. The number of carbonyl (C=O) groups is 2. The van der Waals surface area contributed by atoms with Crippen LogP contribution in [-0.2, 0) is 16.1 Å². The first-order valence-corrected chi connectivity index (χ1v) is 6.79. The van der Waals surface area contributed by atoms with Crippen LogP contribution in [0.15, 0.2) is 30.6 Å². The number of hydrogen-bond acceptors (Lipinski definition) is 7. The molecule has 10 heteroatoms. The van der Waals surface area contributed by atoms with Crippen molar-refractivity contribution in [2.75, 3.05) is 12.4 Å². The summed E-state index contributed by atoms with van der Waals surface area (Å²) in [5, 5.41) is 26.8. The van der Waals surface area contributed by atoms with E-state index in [1.807, 2.05) is 0 Å². The second-order valence-corrected chi connectivity index (χ2v) is 4.71. The molecule has 24 heavy (non-hydrogen) atoms. The van der Waals surface area contributed by atoms with Crippen LogP contribution in [-0.4, -0.2) is 38.8 Å². The van der Waals surface area contributed by atoms with Gasteiger partial charge in [-0.15, -0.1) is 0 Å². The van der Waals surface area contributed by atoms with Crippen LogP contribution in [0.4, 0.5) is 11.4 Å². The number of amides is 1. The van der Waals surface area contributed by atoms with E-state index in [9.17, 15) is 24.8 Å². The molecule has 0 aliphatic rings. The fraction of sp³-hybridized carbons (Fsp3) is 0.214. The molecule has 0 radical (unpaired) electrons. The lowest BCUT2D eigenvalue weighted by atomic mass is 10.1. The van der Waals surface area contributed by atoms with Crippen molar-refractivity contribution in [1.29, 1.82) is 0 Å². The third kappa shape index (κ3) is 3.85. The molecule has 1 amide bonds. The number of nitrogens with one attached hydrogen (secondary N) is 1. The maximum atomic E-state index is 11.9. The normalized spacial score (nSPS) is 10.2. The number of carbonyl (C=O) groups excluding carboxylic acids is 2. The first-order valence-electron chi connectivity index (χ1n) is 6.79. The molecule has 2 aromatic rings. The fourth-order valence-corrected chi connectivity index (χ4v) is 1.92. The lowest BCUT2D eigenvalue weighted by Crippen LogP contribution is -2.15. The molecule has 2 rings (SSSR count). The number of benzene rings is 1. The van der Waals surface area contributed by atoms with Gasteiger partial charge in [0.15, 0.2) is 5.75 Å². The van der Waals surface area contributed by atoms with Gasteiger partial charge in [0.05, 0.1) is 17.7 Å². The summed E-state index contributed by atoms with van der Waals surface area (Å²) in [4.78, 5) is 33.4. The van der Waals surface area contributed by atoms with Gasteiger partial charge in [0.25, 0.3) is 0 Å². The Morgan fingerprint density at radius 1 is 1.46 bits per heavy atom. The Balaban J connectivity index is 1.99. The minimum absolute atomic E-state index is 0.0271. The summed E-state index contributed by atoms with van der Waals surface area (Å²) in [6, 6.07) is 4.27. The summed E-state index contributed by atoms with van der Waals surface area (Å²) in [5.41, 5.74) is -0.175. The molecular formula is C14H14N4O6. The van der Waals surface area contributed by atoms with E-state index in [0.29, 0.717) is 0 Å². The zero-order chi connectivity index (χ0) is 17.7. The number of esters is 1. The molecule has 0 atom stereocenters. The number of phenolic OH excluding ortho intramolecular Hbond substituents is 1. The van der Waals surface area contributed by atoms with Gasteiger partial charge in [-0.3, -0.25) is 19.6 Å². The summed E-state index contributed by atoms with van der Waals surface area (Å²) in [6.45, 7) is 0.122. The van der Waals surface area contributed by atoms with Gasteiger partial charge in [-0.05, 0) is 12.1 Å². The molecular weight excluding hydrogens is 320 g/mol. The first-order chi connectivity index (χ1) is 11.4. The molecule has 1 aromatic heterocycles. The molecule has 126 valence electrons. The van der Waals surface area contributed by atoms with Gasteiger partial charge in [-0.25, -0.2) is 4.79 Å². The molecule has 0 saturated heterocycles. The van der Waals surface area contributed by atoms with E-state index in [1.165, 1.54) is 36.2 Å². The largest absolute Gasteiger partial charge is 0.505 e. The molecule has 0 spiro atoms. The van der Waals surface area contributed by atoms with Crippen molar-refractivity contribution in [3.8, 4) is 5.75 Å². The van der Waals surface area contributed by atoms with E-state index in [0.717, 1.165) is 6.20 Å². The third-order valence-electron chi connectivity index (χ3n) is 3.11. The number of para-hydroxylation sites is 1. The first kappa shape index (κ1) is 16.9. The van der Waals surface area contributed by atoms with Gasteiger partial charge in [-0.2, -0.15) is 5.10 Å². The Bertz CT molecular complexity index is 785. The Morgan fingerprint density at radius 3 is 2.83 bits per heavy atom. The van der Waals surface area contributed by atoms with E-state index in [1.54, 1.807) is 0 Å². The minimum Gasteiger partial charge on any atom is -0.505 e. The quantitative estimate of drug-likeness (QED) is 0.352. The van der Waals surface area contributed by atoms with Crippen LogP contribution >= 0.6 is 0 Å². The Morgan fingerprint density at radius 2 is 2.21 bits per heavy atom. The maximum absolute atomic E-state index is 11.9.